The van der Waals surface area contributed by atoms with Crippen molar-refractivity contribution in [2.45, 2.75) is 12.5 Å². The zero-order valence-electron chi connectivity index (χ0n) is 15.4. The third kappa shape index (κ3) is 4.21. The van der Waals surface area contributed by atoms with Crippen LogP contribution in [0.15, 0.2) is 70.9 Å². The molecule has 29 heavy (non-hydrogen) atoms. The Morgan fingerprint density at radius 3 is 2.79 bits per heavy atom. The normalized spacial score (nSPS) is 12.0. The van der Waals surface area contributed by atoms with E-state index in [1.807, 2.05) is 30.3 Å². The van der Waals surface area contributed by atoms with Crippen LogP contribution < -0.4 is 5.32 Å². The maximum Gasteiger partial charge on any atom is 0.229 e. The molecular weight excluding hydrogens is 373 g/mol. The molecule has 7 nitrogen and oxygen atoms in total. The average Bonchev–Trinajstić information content (AvgIpc) is 3.35. The molecule has 2 aromatic heterocycles. The van der Waals surface area contributed by atoms with Crippen LogP contribution in [0.4, 0.5) is 4.39 Å². The lowest BCUT2D eigenvalue weighted by atomic mass is 10.1. The molecule has 0 aliphatic rings. The second-order valence-electron chi connectivity index (χ2n) is 6.62. The molecule has 2 heterocycles. The molecule has 0 aliphatic heterocycles. The number of halogens is 1. The first-order chi connectivity index (χ1) is 14.1. The molecule has 1 atom stereocenters. The van der Waals surface area contributed by atoms with E-state index >= 15 is 0 Å². The summed E-state index contributed by atoms with van der Waals surface area (Å²) in [5.74, 6) is 0.473. The van der Waals surface area contributed by atoms with Gasteiger partial charge in [0.15, 0.2) is 0 Å². The summed E-state index contributed by atoms with van der Waals surface area (Å²) in [6.45, 7) is 3.94. The van der Waals surface area contributed by atoms with Gasteiger partial charge in [-0.2, -0.15) is 9.89 Å². The van der Waals surface area contributed by atoms with Gasteiger partial charge in [-0.25, -0.2) is 4.39 Å². The van der Waals surface area contributed by atoms with E-state index in [1.165, 1.54) is 12.1 Å². The quantitative estimate of drug-likeness (QED) is 0.437. The Morgan fingerprint density at radius 1 is 1.24 bits per heavy atom. The largest absolute Gasteiger partial charge is 0.380 e. The summed E-state index contributed by atoms with van der Waals surface area (Å²) >= 11 is 0. The Kier molecular flexibility index (Phi) is 5.15. The van der Waals surface area contributed by atoms with Gasteiger partial charge in [-0.3, -0.25) is 0 Å². The smallest absolute Gasteiger partial charge is 0.229 e. The fourth-order valence-corrected chi connectivity index (χ4v) is 3.08. The van der Waals surface area contributed by atoms with Gasteiger partial charge in [-0.05, 0) is 29.8 Å². The van der Waals surface area contributed by atoms with Gasteiger partial charge in [-0.1, -0.05) is 47.2 Å². The van der Waals surface area contributed by atoms with E-state index in [0.29, 0.717) is 29.4 Å². The van der Waals surface area contributed by atoms with Crippen LogP contribution in [0.2, 0.25) is 0 Å². The number of hydrogen-bond donors (Lipinski definition) is 2. The molecule has 0 saturated carbocycles. The Labute approximate surface area is 165 Å². The summed E-state index contributed by atoms with van der Waals surface area (Å²) in [4.78, 5) is 18.5. The molecule has 146 valence electrons. The van der Waals surface area contributed by atoms with E-state index < -0.39 is 0 Å². The van der Waals surface area contributed by atoms with E-state index in [9.17, 15) is 9.30 Å². The van der Waals surface area contributed by atoms with Gasteiger partial charge in [0.25, 0.3) is 0 Å². The van der Waals surface area contributed by atoms with Gasteiger partial charge in [-0.15, -0.1) is 0 Å². The molecule has 0 saturated heterocycles. The first-order valence-corrected chi connectivity index (χ1v) is 9.03. The zero-order valence-corrected chi connectivity index (χ0v) is 15.4. The molecule has 0 radical (unpaired) electrons. The van der Waals surface area contributed by atoms with Crippen LogP contribution in [0.25, 0.3) is 28.1 Å². The molecular formula is C21H18FN5O2. The number of nitrogens with zero attached hydrogens (tertiary/aromatic N) is 3. The molecule has 0 amide bonds. The fraction of sp³-hybridized carbons (Fsp3) is 0.143. The van der Waals surface area contributed by atoms with Crippen molar-refractivity contribution < 1.29 is 8.91 Å². The van der Waals surface area contributed by atoms with Gasteiger partial charge >= 0.3 is 0 Å². The lowest BCUT2D eigenvalue weighted by Crippen LogP contribution is -2.32. The van der Waals surface area contributed by atoms with Crippen molar-refractivity contribution in [1.29, 1.82) is 0 Å². The summed E-state index contributed by atoms with van der Waals surface area (Å²) in [7, 11) is 0. The van der Waals surface area contributed by atoms with Crippen LogP contribution in [-0.2, 0) is 6.42 Å². The monoisotopic (exact) mass is 391 g/mol. The van der Waals surface area contributed by atoms with Gasteiger partial charge in [0.2, 0.25) is 11.7 Å². The topological polar surface area (TPSA) is 96.2 Å². The van der Waals surface area contributed by atoms with Crippen molar-refractivity contribution in [2.24, 2.45) is 5.18 Å². The summed E-state index contributed by atoms with van der Waals surface area (Å²) in [5.41, 5.74) is 2.99. The number of fused-ring (bicyclic) bond motifs is 1. The standard InChI is InChI=1S/C21H18FN5O2/c1-13(14-6-8-16(22)9-7-14)24-17(12-23-28)11-20-26-21(27-29-20)19-10-15-4-2-3-5-18(15)25-19/h2-10,17,24-25H,1,11-12H2/t17-/m1/s1. The van der Waals surface area contributed by atoms with Crippen molar-refractivity contribution in [2.75, 3.05) is 6.54 Å². The van der Waals surface area contributed by atoms with Crippen LogP contribution in [0.5, 0.6) is 0 Å². The van der Waals surface area contributed by atoms with Crippen molar-refractivity contribution in [3.05, 3.63) is 83.4 Å². The maximum absolute atomic E-state index is 13.1. The number of rotatable bonds is 8. The van der Waals surface area contributed by atoms with Crippen molar-refractivity contribution >= 4 is 16.6 Å². The van der Waals surface area contributed by atoms with Crippen LogP contribution in [0.3, 0.4) is 0 Å². The summed E-state index contributed by atoms with van der Waals surface area (Å²) in [6.07, 6.45) is 0.291. The molecule has 4 aromatic rings. The third-order valence-electron chi connectivity index (χ3n) is 4.53. The minimum atomic E-state index is -0.388. The number of nitrogens with one attached hydrogen (secondary N) is 2. The number of benzene rings is 2. The molecule has 4 rings (SSSR count). The second-order valence-corrected chi connectivity index (χ2v) is 6.62. The molecule has 0 spiro atoms. The van der Waals surface area contributed by atoms with Gasteiger partial charge in [0.1, 0.15) is 12.4 Å². The predicted molar refractivity (Wildman–Crippen MR) is 108 cm³/mol. The minimum absolute atomic E-state index is 0.00961. The van der Waals surface area contributed by atoms with Gasteiger partial charge in [0, 0.05) is 23.0 Å². The minimum Gasteiger partial charge on any atom is -0.380 e. The van der Waals surface area contributed by atoms with Crippen molar-refractivity contribution in [3.63, 3.8) is 0 Å². The van der Waals surface area contributed by atoms with E-state index in [0.717, 1.165) is 16.6 Å². The maximum atomic E-state index is 13.1. The number of para-hydroxylation sites is 1. The van der Waals surface area contributed by atoms with Crippen molar-refractivity contribution in [3.8, 4) is 11.5 Å². The van der Waals surface area contributed by atoms with Gasteiger partial charge in [0.05, 0.1) is 11.7 Å². The highest BCUT2D eigenvalue weighted by Crippen LogP contribution is 2.22. The Hall–Kier alpha value is -3.81. The molecule has 0 fully saturated rings. The predicted octanol–water partition coefficient (Wildman–Crippen LogP) is 4.30. The summed E-state index contributed by atoms with van der Waals surface area (Å²) in [6, 6.07) is 15.3. The number of hydrogen-bond acceptors (Lipinski definition) is 6. The molecule has 8 heteroatoms. The average molecular weight is 391 g/mol. The van der Waals surface area contributed by atoms with E-state index in [2.05, 4.69) is 32.2 Å². The Balaban J connectivity index is 1.48. The first kappa shape index (κ1) is 18.5. The molecule has 0 unspecified atom stereocenters. The van der Waals surface area contributed by atoms with E-state index in [-0.39, 0.29) is 18.4 Å². The molecule has 2 aromatic carbocycles. The number of aromatic amines is 1. The number of aromatic nitrogens is 3. The van der Waals surface area contributed by atoms with E-state index in [4.69, 9.17) is 4.52 Å². The van der Waals surface area contributed by atoms with Crippen molar-refractivity contribution in [1.82, 2.24) is 20.4 Å². The number of nitroso groups, excluding NO2 is 1. The highest BCUT2D eigenvalue weighted by molar-refractivity contribution is 5.84. The Morgan fingerprint density at radius 2 is 2.03 bits per heavy atom. The zero-order chi connectivity index (χ0) is 20.2. The van der Waals surface area contributed by atoms with Gasteiger partial charge < -0.3 is 14.8 Å². The molecule has 0 aliphatic carbocycles. The SMILES string of the molecule is C=C(N[C@@H](CN=O)Cc1nc(-c2cc3ccccc3[nH]2)no1)c1ccc(F)cc1. The molecule has 2 N–H and O–H groups in total. The van der Waals surface area contributed by atoms with Crippen LogP contribution in [-0.4, -0.2) is 27.7 Å². The lowest BCUT2D eigenvalue weighted by Gasteiger charge is -2.17. The van der Waals surface area contributed by atoms with Crippen LogP contribution in [0.1, 0.15) is 11.5 Å². The second kappa shape index (κ2) is 8.05. The Bertz CT molecular complexity index is 1120. The van der Waals surface area contributed by atoms with E-state index in [1.54, 1.807) is 12.1 Å². The summed E-state index contributed by atoms with van der Waals surface area (Å²) < 4.78 is 18.4. The third-order valence-corrected chi connectivity index (χ3v) is 4.53. The fourth-order valence-electron chi connectivity index (χ4n) is 3.08. The summed E-state index contributed by atoms with van der Waals surface area (Å²) in [5, 5.41) is 11.2. The highest BCUT2D eigenvalue weighted by atomic mass is 19.1. The molecule has 0 bridgehead atoms. The van der Waals surface area contributed by atoms with Crippen LogP contribution in [0, 0.1) is 10.7 Å². The number of H-pyrrole nitrogens is 1. The highest BCUT2D eigenvalue weighted by Gasteiger charge is 2.17. The van der Waals surface area contributed by atoms with Crippen LogP contribution >= 0.6 is 0 Å². The lowest BCUT2D eigenvalue weighted by molar-refractivity contribution is 0.365. The first-order valence-electron chi connectivity index (χ1n) is 9.03.